The molecular weight excluding hydrogens is 354 g/mol. The van der Waals surface area contributed by atoms with Gasteiger partial charge in [0.05, 0.1) is 11.9 Å². The number of amides is 1. The molecule has 9 heteroatoms. The van der Waals surface area contributed by atoms with Crippen molar-refractivity contribution in [2.45, 2.75) is 6.42 Å². The van der Waals surface area contributed by atoms with Crippen molar-refractivity contribution in [2.75, 3.05) is 38.2 Å². The number of benzene rings is 1. The van der Waals surface area contributed by atoms with E-state index in [9.17, 15) is 13.2 Å². The maximum absolute atomic E-state index is 12.9. The molecule has 1 fully saturated rings. The van der Waals surface area contributed by atoms with Crippen LogP contribution in [-0.2, 0) is 10.0 Å². The van der Waals surface area contributed by atoms with Crippen LogP contribution in [-0.4, -0.2) is 65.9 Å². The molecular formula is C17H21N5O3S. The standard InChI is InChI=1S/C17H21N5O3S/c1-26(24,25)22-7-3-6-21(8-9-22)17(23)14-5-2-4-13(10-14)15-11-16(18)20-12-19-15/h2,4-5,10-12H,3,6-9H2,1H3,(H2,18,19,20). The minimum atomic E-state index is -3.24. The normalized spacial score (nSPS) is 16.3. The third-order valence-corrected chi connectivity index (χ3v) is 5.61. The highest BCUT2D eigenvalue weighted by atomic mass is 32.2. The topological polar surface area (TPSA) is 109 Å². The first-order chi connectivity index (χ1) is 12.3. The number of nitrogens with zero attached hydrogens (tertiary/aromatic N) is 4. The zero-order valence-electron chi connectivity index (χ0n) is 14.5. The number of nitrogens with two attached hydrogens (primary N) is 1. The molecule has 0 radical (unpaired) electrons. The molecule has 0 spiro atoms. The fourth-order valence-corrected chi connectivity index (χ4v) is 3.83. The summed E-state index contributed by atoms with van der Waals surface area (Å²) in [7, 11) is -3.24. The highest BCUT2D eigenvalue weighted by Crippen LogP contribution is 2.20. The molecule has 0 unspecified atom stereocenters. The van der Waals surface area contributed by atoms with Gasteiger partial charge in [-0.05, 0) is 18.6 Å². The fourth-order valence-electron chi connectivity index (χ4n) is 2.95. The van der Waals surface area contributed by atoms with Crippen molar-refractivity contribution in [1.29, 1.82) is 0 Å². The summed E-state index contributed by atoms with van der Waals surface area (Å²) in [6, 6.07) is 8.81. The van der Waals surface area contributed by atoms with Gasteiger partial charge in [-0.1, -0.05) is 12.1 Å². The minimum Gasteiger partial charge on any atom is -0.384 e. The minimum absolute atomic E-state index is 0.121. The van der Waals surface area contributed by atoms with Crippen LogP contribution >= 0.6 is 0 Å². The molecule has 1 aliphatic heterocycles. The van der Waals surface area contributed by atoms with Crippen LogP contribution in [0, 0.1) is 0 Å². The van der Waals surface area contributed by atoms with E-state index >= 15 is 0 Å². The van der Waals surface area contributed by atoms with Gasteiger partial charge in [-0.15, -0.1) is 0 Å². The second kappa shape index (κ2) is 7.38. The first kappa shape index (κ1) is 18.3. The lowest BCUT2D eigenvalue weighted by molar-refractivity contribution is 0.0764. The quantitative estimate of drug-likeness (QED) is 0.851. The molecule has 0 atom stereocenters. The summed E-state index contributed by atoms with van der Waals surface area (Å²) in [4.78, 5) is 22.6. The van der Waals surface area contributed by atoms with E-state index in [2.05, 4.69) is 9.97 Å². The Hall–Kier alpha value is -2.52. The van der Waals surface area contributed by atoms with Crippen LogP contribution in [0.1, 0.15) is 16.8 Å². The van der Waals surface area contributed by atoms with E-state index in [4.69, 9.17) is 5.73 Å². The van der Waals surface area contributed by atoms with Crippen LogP contribution < -0.4 is 5.73 Å². The van der Waals surface area contributed by atoms with Crippen molar-refractivity contribution in [2.24, 2.45) is 0 Å². The highest BCUT2D eigenvalue weighted by molar-refractivity contribution is 7.88. The SMILES string of the molecule is CS(=O)(=O)N1CCCN(C(=O)c2cccc(-c3cc(N)ncn3)c2)CC1. The number of hydrogen-bond donors (Lipinski definition) is 1. The lowest BCUT2D eigenvalue weighted by Gasteiger charge is -2.21. The molecule has 26 heavy (non-hydrogen) atoms. The fraction of sp³-hybridized carbons (Fsp3) is 0.353. The maximum atomic E-state index is 12.9. The second-order valence-electron chi connectivity index (χ2n) is 6.22. The summed E-state index contributed by atoms with van der Waals surface area (Å²) in [5, 5.41) is 0. The molecule has 1 aliphatic rings. The Morgan fingerprint density at radius 1 is 1.12 bits per heavy atom. The summed E-state index contributed by atoms with van der Waals surface area (Å²) in [6.45, 7) is 1.64. The molecule has 1 aromatic heterocycles. The molecule has 0 aliphatic carbocycles. The van der Waals surface area contributed by atoms with E-state index in [1.165, 1.54) is 16.9 Å². The molecule has 2 heterocycles. The predicted molar refractivity (Wildman–Crippen MR) is 98.8 cm³/mol. The Morgan fingerprint density at radius 3 is 2.65 bits per heavy atom. The molecule has 1 amide bonds. The van der Waals surface area contributed by atoms with Crippen molar-refractivity contribution in [3.8, 4) is 11.3 Å². The molecule has 2 N–H and O–H groups in total. The number of rotatable bonds is 3. The number of carbonyl (C=O) groups excluding carboxylic acids is 1. The van der Waals surface area contributed by atoms with E-state index < -0.39 is 10.0 Å². The summed E-state index contributed by atoms with van der Waals surface area (Å²) < 4.78 is 24.8. The van der Waals surface area contributed by atoms with Crippen LogP contribution in [0.4, 0.5) is 5.82 Å². The van der Waals surface area contributed by atoms with Crippen LogP contribution in [0.25, 0.3) is 11.3 Å². The number of sulfonamides is 1. The van der Waals surface area contributed by atoms with Crippen molar-refractivity contribution in [3.05, 3.63) is 42.2 Å². The first-order valence-corrected chi connectivity index (χ1v) is 10.1. The van der Waals surface area contributed by atoms with Gasteiger partial charge in [-0.25, -0.2) is 22.7 Å². The molecule has 0 bridgehead atoms. The van der Waals surface area contributed by atoms with Crippen LogP contribution in [0.5, 0.6) is 0 Å². The number of aromatic nitrogens is 2. The predicted octanol–water partition coefficient (Wildman–Crippen LogP) is 0.833. The van der Waals surface area contributed by atoms with Crippen molar-refractivity contribution in [1.82, 2.24) is 19.2 Å². The smallest absolute Gasteiger partial charge is 0.253 e. The summed E-state index contributed by atoms with van der Waals surface area (Å²) in [5.41, 5.74) is 7.65. The summed E-state index contributed by atoms with van der Waals surface area (Å²) in [5.74, 6) is 0.240. The van der Waals surface area contributed by atoms with Crippen molar-refractivity contribution in [3.63, 3.8) is 0 Å². The van der Waals surface area contributed by atoms with Gasteiger partial charge in [-0.3, -0.25) is 4.79 Å². The van der Waals surface area contributed by atoms with Gasteiger partial charge in [0.25, 0.3) is 5.91 Å². The van der Waals surface area contributed by atoms with E-state index in [-0.39, 0.29) is 5.91 Å². The van der Waals surface area contributed by atoms with Gasteiger partial charge in [0.2, 0.25) is 10.0 Å². The number of hydrogen-bond acceptors (Lipinski definition) is 6. The van der Waals surface area contributed by atoms with Crippen LogP contribution in [0.2, 0.25) is 0 Å². The molecule has 8 nitrogen and oxygen atoms in total. The second-order valence-corrected chi connectivity index (χ2v) is 8.20. The number of anilines is 1. The Morgan fingerprint density at radius 2 is 1.92 bits per heavy atom. The maximum Gasteiger partial charge on any atom is 0.253 e. The molecule has 138 valence electrons. The Labute approximate surface area is 152 Å². The molecule has 1 aromatic carbocycles. The third-order valence-electron chi connectivity index (χ3n) is 4.30. The van der Waals surface area contributed by atoms with Crippen molar-refractivity contribution < 1.29 is 13.2 Å². The van der Waals surface area contributed by atoms with Crippen LogP contribution in [0.15, 0.2) is 36.7 Å². The van der Waals surface area contributed by atoms with Gasteiger partial charge in [0.15, 0.2) is 0 Å². The molecule has 2 aromatic rings. The van der Waals surface area contributed by atoms with E-state index in [1.807, 2.05) is 6.07 Å². The molecule has 0 saturated carbocycles. The van der Waals surface area contributed by atoms with E-state index in [1.54, 1.807) is 29.2 Å². The van der Waals surface area contributed by atoms with Gasteiger partial charge in [0, 0.05) is 43.4 Å². The highest BCUT2D eigenvalue weighted by Gasteiger charge is 2.24. The number of carbonyl (C=O) groups is 1. The third kappa shape index (κ3) is 4.17. The van der Waals surface area contributed by atoms with Crippen LogP contribution in [0.3, 0.4) is 0 Å². The van der Waals surface area contributed by atoms with Gasteiger partial charge in [0.1, 0.15) is 12.1 Å². The molecule has 1 saturated heterocycles. The van der Waals surface area contributed by atoms with Gasteiger partial charge in [-0.2, -0.15) is 0 Å². The lowest BCUT2D eigenvalue weighted by Crippen LogP contribution is -2.36. The Kier molecular flexibility index (Phi) is 5.19. The van der Waals surface area contributed by atoms with Gasteiger partial charge >= 0.3 is 0 Å². The summed E-state index contributed by atoms with van der Waals surface area (Å²) >= 11 is 0. The monoisotopic (exact) mass is 375 g/mol. The average molecular weight is 375 g/mol. The first-order valence-electron chi connectivity index (χ1n) is 8.27. The summed E-state index contributed by atoms with van der Waals surface area (Å²) in [6.07, 6.45) is 3.19. The van der Waals surface area contributed by atoms with E-state index in [0.29, 0.717) is 49.7 Å². The Balaban J connectivity index is 1.79. The zero-order valence-corrected chi connectivity index (χ0v) is 15.3. The largest absolute Gasteiger partial charge is 0.384 e. The average Bonchev–Trinajstić information content (AvgIpc) is 2.87. The Bertz CT molecular complexity index is 916. The zero-order chi connectivity index (χ0) is 18.7. The lowest BCUT2D eigenvalue weighted by atomic mass is 10.1. The van der Waals surface area contributed by atoms with E-state index in [0.717, 1.165) is 5.56 Å². The van der Waals surface area contributed by atoms with Gasteiger partial charge < -0.3 is 10.6 Å². The van der Waals surface area contributed by atoms with Crippen molar-refractivity contribution >= 4 is 21.7 Å². The number of nitrogen functional groups attached to an aromatic ring is 1. The molecule has 3 rings (SSSR count).